The summed E-state index contributed by atoms with van der Waals surface area (Å²) in [5, 5.41) is 13.0. The summed E-state index contributed by atoms with van der Waals surface area (Å²) in [6, 6.07) is 5.60. The molecule has 1 amide bonds. The van der Waals surface area contributed by atoms with Crippen molar-refractivity contribution in [1.29, 1.82) is 0 Å². The number of carbonyl (C=O) groups is 1. The molecule has 0 aliphatic rings. The Morgan fingerprint density at radius 2 is 2.14 bits per heavy atom. The number of furan rings is 1. The van der Waals surface area contributed by atoms with Gasteiger partial charge in [-0.3, -0.25) is 4.79 Å². The summed E-state index contributed by atoms with van der Waals surface area (Å²) in [6.45, 7) is 5.96. The summed E-state index contributed by atoms with van der Waals surface area (Å²) in [6.07, 6.45) is 0.536. The lowest BCUT2D eigenvalue weighted by Crippen LogP contribution is -2.39. The van der Waals surface area contributed by atoms with Crippen LogP contribution in [0.1, 0.15) is 36.4 Å². The smallest absolute Gasteiger partial charge is 0.287 e. The zero-order chi connectivity index (χ0) is 15.6. The fourth-order valence-electron chi connectivity index (χ4n) is 2.35. The molecule has 0 fully saturated rings. The first-order valence-electron chi connectivity index (χ1n) is 7.04. The molecule has 1 aromatic carbocycles. The lowest BCUT2D eigenvalue weighted by molar-refractivity contribution is 0.0889. The van der Waals surface area contributed by atoms with Gasteiger partial charge in [-0.1, -0.05) is 29.8 Å². The SMILES string of the molecule is Cc1c(C(=O)NC(CCO)C(C)C)oc2ccc(Br)cc12. The van der Waals surface area contributed by atoms with Gasteiger partial charge in [0.25, 0.3) is 5.91 Å². The molecule has 0 aliphatic heterocycles. The van der Waals surface area contributed by atoms with Crippen LogP contribution < -0.4 is 5.32 Å². The predicted octanol–water partition coefficient (Wildman–Crippen LogP) is 3.64. The topological polar surface area (TPSA) is 62.5 Å². The van der Waals surface area contributed by atoms with E-state index in [9.17, 15) is 4.79 Å². The van der Waals surface area contributed by atoms with E-state index in [0.717, 1.165) is 15.4 Å². The second-order valence-electron chi connectivity index (χ2n) is 5.53. The second-order valence-corrected chi connectivity index (χ2v) is 6.45. The van der Waals surface area contributed by atoms with Gasteiger partial charge in [-0.25, -0.2) is 0 Å². The van der Waals surface area contributed by atoms with Crippen LogP contribution in [0, 0.1) is 12.8 Å². The Kier molecular flexibility index (Phi) is 5.06. The van der Waals surface area contributed by atoms with E-state index in [1.807, 2.05) is 39.0 Å². The minimum absolute atomic E-state index is 0.0508. The summed E-state index contributed by atoms with van der Waals surface area (Å²) in [7, 11) is 0. The lowest BCUT2D eigenvalue weighted by Gasteiger charge is -2.20. The maximum atomic E-state index is 12.4. The Morgan fingerprint density at radius 3 is 2.76 bits per heavy atom. The Balaban J connectivity index is 2.29. The standard InChI is InChI=1S/C16H20BrNO3/c1-9(2)13(6-7-19)18-16(20)15-10(3)12-8-11(17)4-5-14(12)21-15/h4-5,8-9,13,19H,6-7H2,1-3H3,(H,18,20). The molecular formula is C16H20BrNO3. The normalized spacial score (nSPS) is 12.9. The van der Waals surface area contributed by atoms with Gasteiger partial charge in [-0.15, -0.1) is 0 Å². The number of amides is 1. The third kappa shape index (κ3) is 3.47. The van der Waals surface area contributed by atoms with Crippen molar-refractivity contribution >= 4 is 32.8 Å². The molecule has 2 rings (SSSR count). The second kappa shape index (κ2) is 6.62. The van der Waals surface area contributed by atoms with Crippen molar-refractivity contribution in [3.05, 3.63) is 34.0 Å². The largest absolute Gasteiger partial charge is 0.451 e. The van der Waals surface area contributed by atoms with Gasteiger partial charge >= 0.3 is 0 Å². The molecule has 5 heteroatoms. The molecule has 0 aliphatic carbocycles. The van der Waals surface area contributed by atoms with Crippen LogP contribution in [0.15, 0.2) is 27.1 Å². The first-order valence-corrected chi connectivity index (χ1v) is 7.83. The molecular weight excluding hydrogens is 334 g/mol. The highest BCUT2D eigenvalue weighted by Crippen LogP contribution is 2.28. The van der Waals surface area contributed by atoms with E-state index >= 15 is 0 Å². The number of benzene rings is 1. The molecule has 1 heterocycles. The quantitative estimate of drug-likeness (QED) is 0.862. The number of aliphatic hydroxyl groups excluding tert-OH is 1. The summed E-state index contributed by atoms with van der Waals surface area (Å²) in [4.78, 5) is 12.4. The highest BCUT2D eigenvalue weighted by molar-refractivity contribution is 9.10. The van der Waals surface area contributed by atoms with Crippen LogP contribution >= 0.6 is 15.9 Å². The number of aryl methyl sites for hydroxylation is 1. The molecule has 2 aromatic rings. The number of aliphatic hydroxyl groups is 1. The van der Waals surface area contributed by atoms with Gasteiger partial charge in [-0.2, -0.15) is 0 Å². The molecule has 1 atom stereocenters. The number of rotatable bonds is 5. The van der Waals surface area contributed by atoms with Crippen molar-refractivity contribution in [2.24, 2.45) is 5.92 Å². The van der Waals surface area contributed by atoms with Crippen molar-refractivity contribution in [1.82, 2.24) is 5.32 Å². The van der Waals surface area contributed by atoms with Gasteiger partial charge in [0.2, 0.25) is 0 Å². The highest BCUT2D eigenvalue weighted by Gasteiger charge is 2.22. The van der Waals surface area contributed by atoms with E-state index in [1.165, 1.54) is 0 Å². The van der Waals surface area contributed by atoms with Crippen LogP contribution in [-0.4, -0.2) is 23.7 Å². The molecule has 1 unspecified atom stereocenters. The Labute approximate surface area is 132 Å². The van der Waals surface area contributed by atoms with E-state index in [2.05, 4.69) is 21.2 Å². The van der Waals surface area contributed by atoms with Crippen molar-refractivity contribution in [3.8, 4) is 0 Å². The third-order valence-corrected chi connectivity index (χ3v) is 4.16. The summed E-state index contributed by atoms with van der Waals surface area (Å²) in [5.74, 6) is 0.360. The number of hydrogen-bond acceptors (Lipinski definition) is 3. The van der Waals surface area contributed by atoms with E-state index in [0.29, 0.717) is 17.8 Å². The maximum Gasteiger partial charge on any atom is 0.287 e. The lowest BCUT2D eigenvalue weighted by atomic mass is 10.0. The minimum atomic E-state index is -0.230. The molecule has 2 N–H and O–H groups in total. The number of carbonyl (C=O) groups excluding carboxylic acids is 1. The molecule has 0 radical (unpaired) electrons. The van der Waals surface area contributed by atoms with Crippen molar-refractivity contribution < 1.29 is 14.3 Å². The average Bonchev–Trinajstić information content (AvgIpc) is 2.75. The highest BCUT2D eigenvalue weighted by atomic mass is 79.9. The molecule has 0 bridgehead atoms. The minimum Gasteiger partial charge on any atom is -0.451 e. The summed E-state index contributed by atoms with van der Waals surface area (Å²) >= 11 is 3.42. The Morgan fingerprint density at radius 1 is 1.43 bits per heavy atom. The van der Waals surface area contributed by atoms with Gasteiger partial charge in [0, 0.05) is 28.1 Å². The molecule has 0 saturated carbocycles. The van der Waals surface area contributed by atoms with Crippen LogP contribution in [0.2, 0.25) is 0 Å². The Hall–Kier alpha value is -1.33. The summed E-state index contributed by atoms with van der Waals surface area (Å²) in [5.41, 5.74) is 1.53. The fourth-order valence-corrected chi connectivity index (χ4v) is 2.72. The molecule has 1 aromatic heterocycles. The predicted molar refractivity (Wildman–Crippen MR) is 86.4 cm³/mol. The molecule has 21 heavy (non-hydrogen) atoms. The van der Waals surface area contributed by atoms with E-state index < -0.39 is 0 Å². The van der Waals surface area contributed by atoms with E-state index in [-0.39, 0.29) is 24.5 Å². The monoisotopic (exact) mass is 353 g/mol. The van der Waals surface area contributed by atoms with Crippen molar-refractivity contribution in [3.63, 3.8) is 0 Å². The first-order chi connectivity index (χ1) is 9.93. The van der Waals surface area contributed by atoms with Gasteiger partial charge < -0.3 is 14.8 Å². The zero-order valence-corrected chi connectivity index (χ0v) is 14.0. The first kappa shape index (κ1) is 16.0. The number of hydrogen-bond donors (Lipinski definition) is 2. The van der Waals surface area contributed by atoms with Crippen LogP contribution in [-0.2, 0) is 0 Å². The van der Waals surface area contributed by atoms with Gasteiger partial charge in [-0.05, 0) is 37.5 Å². The summed E-state index contributed by atoms with van der Waals surface area (Å²) < 4.78 is 6.63. The van der Waals surface area contributed by atoms with Crippen LogP contribution in [0.5, 0.6) is 0 Å². The molecule has 4 nitrogen and oxygen atoms in total. The molecule has 0 saturated heterocycles. The maximum absolute atomic E-state index is 12.4. The number of halogens is 1. The van der Waals surface area contributed by atoms with E-state index in [1.54, 1.807) is 0 Å². The number of nitrogens with one attached hydrogen (secondary N) is 1. The average molecular weight is 354 g/mol. The van der Waals surface area contributed by atoms with Crippen molar-refractivity contribution in [2.75, 3.05) is 6.61 Å². The fraction of sp³-hybridized carbons (Fsp3) is 0.438. The van der Waals surface area contributed by atoms with Gasteiger partial charge in [0.15, 0.2) is 5.76 Å². The molecule has 0 spiro atoms. The van der Waals surface area contributed by atoms with Crippen LogP contribution in [0.4, 0.5) is 0 Å². The van der Waals surface area contributed by atoms with Gasteiger partial charge in [0.05, 0.1) is 0 Å². The third-order valence-electron chi connectivity index (χ3n) is 3.67. The van der Waals surface area contributed by atoms with Crippen LogP contribution in [0.25, 0.3) is 11.0 Å². The molecule has 114 valence electrons. The van der Waals surface area contributed by atoms with Crippen LogP contribution in [0.3, 0.4) is 0 Å². The van der Waals surface area contributed by atoms with Gasteiger partial charge in [0.1, 0.15) is 5.58 Å². The number of fused-ring (bicyclic) bond motifs is 1. The van der Waals surface area contributed by atoms with E-state index in [4.69, 9.17) is 9.52 Å². The van der Waals surface area contributed by atoms with Crippen molar-refractivity contribution in [2.45, 2.75) is 33.2 Å². The zero-order valence-electron chi connectivity index (χ0n) is 12.4. The Bertz CT molecular complexity index is 648.